The normalized spacial score (nSPS) is 10.6. The fourth-order valence-corrected chi connectivity index (χ4v) is 1.86. The second-order valence-corrected chi connectivity index (χ2v) is 4.47. The third-order valence-electron chi connectivity index (χ3n) is 3.00. The summed E-state index contributed by atoms with van der Waals surface area (Å²) in [6.07, 6.45) is 1.81. The van der Waals surface area contributed by atoms with E-state index in [4.69, 9.17) is 4.74 Å². The topological polar surface area (TPSA) is 39.1 Å². The van der Waals surface area contributed by atoms with E-state index >= 15 is 0 Å². The maximum atomic E-state index is 5.71. The van der Waals surface area contributed by atoms with Crippen LogP contribution >= 0.6 is 0 Å². The highest BCUT2D eigenvalue weighted by Crippen LogP contribution is 2.12. The molecule has 1 heterocycles. The molecule has 0 unspecified atom stereocenters. The molecule has 0 saturated carbocycles. The number of aryl methyl sites for hydroxylation is 1. The lowest BCUT2D eigenvalue weighted by molar-refractivity contribution is 0.290. The van der Waals surface area contributed by atoms with Crippen LogP contribution < -0.4 is 10.1 Å². The van der Waals surface area contributed by atoms with Gasteiger partial charge in [0.2, 0.25) is 0 Å². The van der Waals surface area contributed by atoms with E-state index in [2.05, 4.69) is 29.5 Å². The first-order valence-electron chi connectivity index (χ1n) is 6.70. The number of hydrogen-bond donors (Lipinski definition) is 1. The lowest BCUT2D eigenvalue weighted by Gasteiger charge is -2.08. The summed E-state index contributed by atoms with van der Waals surface area (Å²) >= 11 is 0. The minimum absolute atomic E-state index is 0.634. The SMILES string of the molecule is CCNCc1ccc(OCCn2nccc2C)cc1. The van der Waals surface area contributed by atoms with Crippen molar-refractivity contribution in [3.63, 3.8) is 0 Å². The molecule has 0 saturated heterocycles. The maximum Gasteiger partial charge on any atom is 0.119 e. The Kier molecular flexibility index (Phi) is 4.98. The zero-order chi connectivity index (χ0) is 13.5. The molecule has 1 aromatic heterocycles. The molecular formula is C15H21N3O. The highest BCUT2D eigenvalue weighted by atomic mass is 16.5. The summed E-state index contributed by atoms with van der Waals surface area (Å²) < 4.78 is 7.66. The lowest BCUT2D eigenvalue weighted by atomic mass is 10.2. The smallest absolute Gasteiger partial charge is 0.119 e. The van der Waals surface area contributed by atoms with E-state index in [1.807, 2.05) is 36.0 Å². The van der Waals surface area contributed by atoms with Crippen molar-refractivity contribution >= 4 is 0 Å². The Morgan fingerprint density at radius 1 is 1.21 bits per heavy atom. The first-order chi connectivity index (χ1) is 9.29. The molecule has 0 aliphatic heterocycles. The molecule has 4 heteroatoms. The molecule has 0 bridgehead atoms. The second kappa shape index (κ2) is 6.95. The number of nitrogens with zero attached hydrogens (tertiary/aromatic N) is 2. The summed E-state index contributed by atoms with van der Waals surface area (Å²) in [5, 5.41) is 7.52. The van der Waals surface area contributed by atoms with Crippen molar-refractivity contribution in [2.75, 3.05) is 13.2 Å². The standard InChI is InChI=1S/C15H21N3O/c1-3-16-12-14-4-6-15(7-5-14)19-11-10-18-13(2)8-9-17-18/h4-9,16H,3,10-12H2,1-2H3. The highest BCUT2D eigenvalue weighted by molar-refractivity contribution is 5.27. The number of benzene rings is 1. The predicted molar refractivity (Wildman–Crippen MR) is 76.3 cm³/mol. The number of aromatic nitrogens is 2. The van der Waals surface area contributed by atoms with Crippen molar-refractivity contribution in [3.8, 4) is 5.75 Å². The lowest BCUT2D eigenvalue weighted by Crippen LogP contribution is -2.12. The van der Waals surface area contributed by atoms with Gasteiger partial charge in [-0.3, -0.25) is 4.68 Å². The van der Waals surface area contributed by atoms with Gasteiger partial charge in [-0.2, -0.15) is 5.10 Å². The van der Waals surface area contributed by atoms with E-state index in [9.17, 15) is 0 Å². The highest BCUT2D eigenvalue weighted by Gasteiger charge is 1.98. The monoisotopic (exact) mass is 259 g/mol. The molecule has 4 nitrogen and oxygen atoms in total. The van der Waals surface area contributed by atoms with E-state index in [0.717, 1.165) is 31.1 Å². The third kappa shape index (κ3) is 4.10. The van der Waals surface area contributed by atoms with Gasteiger partial charge in [0, 0.05) is 18.4 Å². The van der Waals surface area contributed by atoms with Crippen LogP contribution in [0.3, 0.4) is 0 Å². The van der Waals surface area contributed by atoms with Crippen LogP contribution in [0.15, 0.2) is 36.5 Å². The van der Waals surface area contributed by atoms with Gasteiger partial charge in [0.25, 0.3) is 0 Å². The van der Waals surface area contributed by atoms with E-state index in [-0.39, 0.29) is 0 Å². The minimum atomic E-state index is 0.634. The van der Waals surface area contributed by atoms with Gasteiger partial charge < -0.3 is 10.1 Å². The number of ether oxygens (including phenoxy) is 1. The summed E-state index contributed by atoms with van der Waals surface area (Å²) in [5.74, 6) is 0.907. The summed E-state index contributed by atoms with van der Waals surface area (Å²) in [6, 6.07) is 10.2. The van der Waals surface area contributed by atoms with Crippen molar-refractivity contribution in [1.82, 2.24) is 15.1 Å². The van der Waals surface area contributed by atoms with Crippen molar-refractivity contribution in [2.45, 2.75) is 26.9 Å². The molecule has 0 aliphatic rings. The average Bonchev–Trinajstić information content (AvgIpc) is 2.84. The van der Waals surface area contributed by atoms with Gasteiger partial charge in [0.05, 0.1) is 6.54 Å². The van der Waals surface area contributed by atoms with Crippen molar-refractivity contribution in [3.05, 3.63) is 47.8 Å². The van der Waals surface area contributed by atoms with Crippen molar-refractivity contribution in [1.29, 1.82) is 0 Å². The Labute approximate surface area is 114 Å². The molecule has 2 rings (SSSR count). The van der Waals surface area contributed by atoms with Gasteiger partial charge in [0.1, 0.15) is 12.4 Å². The Bertz CT molecular complexity index is 490. The first kappa shape index (κ1) is 13.6. The molecule has 0 fully saturated rings. The van der Waals surface area contributed by atoms with Crippen molar-refractivity contribution in [2.24, 2.45) is 0 Å². The third-order valence-corrected chi connectivity index (χ3v) is 3.00. The van der Waals surface area contributed by atoms with Crippen LogP contribution in [-0.4, -0.2) is 22.9 Å². The molecule has 1 N–H and O–H groups in total. The maximum absolute atomic E-state index is 5.71. The van der Waals surface area contributed by atoms with Crippen LogP contribution in [0, 0.1) is 6.92 Å². The first-order valence-corrected chi connectivity index (χ1v) is 6.70. The summed E-state index contributed by atoms with van der Waals surface area (Å²) in [5.41, 5.74) is 2.43. The quantitative estimate of drug-likeness (QED) is 0.829. The number of nitrogens with one attached hydrogen (secondary N) is 1. The fourth-order valence-electron chi connectivity index (χ4n) is 1.86. The summed E-state index contributed by atoms with van der Waals surface area (Å²) in [7, 11) is 0. The van der Waals surface area contributed by atoms with Gasteiger partial charge in [-0.25, -0.2) is 0 Å². The molecule has 19 heavy (non-hydrogen) atoms. The van der Waals surface area contributed by atoms with Gasteiger partial charge in [0.15, 0.2) is 0 Å². The minimum Gasteiger partial charge on any atom is -0.492 e. The van der Waals surface area contributed by atoms with Crippen LogP contribution in [-0.2, 0) is 13.1 Å². The average molecular weight is 259 g/mol. The van der Waals surface area contributed by atoms with E-state index in [1.165, 1.54) is 5.56 Å². The van der Waals surface area contributed by atoms with Gasteiger partial charge in [-0.15, -0.1) is 0 Å². The molecule has 102 valence electrons. The van der Waals surface area contributed by atoms with Gasteiger partial charge in [-0.05, 0) is 37.2 Å². The number of hydrogen-bond acceptors (Lipinski definition) is 3. The fraction of sp³-hybridized carbons (Fsp3) is 0.400. The molecule has 0 amide bonds. The largest absolute Gasteiger partial charge is 0.492 e. The number of rotatable bonds is 7. The molecule has 2 aromatic rings. The van der Waals surface area contributed by atoms with E-state index in [0.29, 0.717) is 6.61 Å². The van der Waals surface area contributed by atoms with Crippen LogP contribution in [0.2, 0.25) is 0 Å². The van der Waals surface area contributed by atoms with Crippen LogP contribution in [0.1, 0.15) is 18.2 Å². The van der Waals surface area contributed by atoms with Crippen molar-refractivity contribution < 1.29 is 4.74 Å². The Morgan fingerprint density at radius 2 is 2.00 bits per heavy atom. The molecule has 0 radical (unpaired) electrons. The van der Waals surface area contributed by atoms with Crippen LogP contribution in [0.5, 0.6) is 5.75 Å². The van der Waals surface area contributed by atoms with Gasteiger partial charge in [-0.1, -0.05) is 19.1 Å². The zero-order valence-electron chi connectivity index (χ0n) is 11.6. The molecule has 0 spiro atoms. The summed E-state index contributed by atoms with van der Waals surface area (Å²) in [4.78, 5) is 0. The van der Waals surface area contributed by atoms with E-state index in [1.54, 1.807) is 0 Å². The molecule has 0 aliphatic carbocycles. The van der Waals surface area contributed by atoms with Crippen LogP contribution in [0.25, 0.3) is 0 Å². The Hall–Kier alpha value is -1.81. The Balaban J connectivity index is 1.78. The predicted octanol–water partition coefficient (Wildman–Crippen LogP) is 2.38. The molecule has 1 aromatic carbocycles. The van der Waals surface area contributed by atoms with Crippen LogP contribution in [0.4, 0.5) is 0 Å². The van der Waals surface area contributed by atoms with E-state index < -0.39 is 0 Å². The Morgan fingerprint density at radius 3 is 2.63 bits per heavy atom. The molecular weight excluding hydrogens is 238 g/mol. The molecule has 0 atom stereocenters. The zero-order valence-corrected chi connectivity index (χ0v) is 11.6. The summed E-state index contributed by atoms with van der Waals surface area (Å²) in [6.45, 7) is 7.45. The second-order valence-electron chi connectivity index (χ2n) is 4.47. The van der Waals surface area contributed by atoms with Gasteiger partial charge >= 0.3 is 0 Å².